The number of nitrogens with one attached hydrogen (secondary N) is 2. The minimum Gasteiger partial charge on any atom is -0.479 e. The van der Waals surface area contributed by atoms with Gasteiger partial charge in [-0.2, -0.15) is 26.3 Å². The highest BCUT2D eigenvalue weighted by Gasteiger charge is 2.61. The smallest absolute Gasteiger partial charge is 0.416 e. The maximum absolute atomic E-state index is 14.3. The number of benzene rings is 2. The van der Waals surface area contributed by atoms with Crippen LogP contribution in [0.25, 0.3) is 11.3 Å². The number of anilines is 1. The van der Waals surface area contributed by atoms with E-state index in [1.54, 1.807) is 11.5 Å². The predicted molar refractivity (Wildman–Crippen MR) is 175 cm³/mol. The third-order valence-corrected chi connectivity index (χ3v) is 10.1. The molecule has 0 unspecified atom stereocenters. The fraction of sp³-hybridized carbons (Fsp3) is 0.429. The van der Waals surface area contributed by atoms with Gasteiger partial charge in [0.2, 0.25) is 11.8 Å². The van der Waals surface area contributed by atoms with Crippen LogP contribution in [0, 0.1) is 5.92 Å². The number of carboxylic acid groups (broad SMARTS) is 1. The number of aromatic nitrogens is 1. The quantitative estimate of drug-likeness (QED) is 0.182. The maximum Gasteiger partial charge on any atom is 0.416 e. The summed E-state index contributed by atoms with van der Waals surface area (Å²) in [5.41, 5.74) is -3.76. The molecule has 1 aromatic heterocycles. The normalized spacial score (nSPS) is 26.0. The molecule has 2 amide bonds. The summed E-state index contributed by atoms with van der Waals surface area (Å²) < 4.78 is 88.2. The van der Waals surface area contributed by atoms with Crippen LogP contribution in [-0.4, -0.2) is 63.0 Å². The van der Waals surface area contributed by atoms with Gasteiger partial charge in [-0.3, -0.25) is 9.59 Å². The van der Waals surface area contributed by atoms with Crippen molar-refractivity contribution in [2.24, 2.45) is 5.92 Å². The van der Waals surface area contributed by atoms with Crippen molar-refractivity contribution in [3.8, 4) is 16.5 Å². The van der Waals surface area contributed by atoms with E-state index >= 15 is 0 Å². The molecule has 16 heteroatoms. The van der Waals surface area contributed by atoms with Crippen molar-refractivity contribution < 1.29 is 50.6 Å². The molecular weight excluding hydrogens is 702 g/mol. The number of fused-ring (bicyclic) bond motifs is 2. The monoisotopic (exact) mass is 736 g/mol. The molecule has 1 saturated heterocycles. The van der Waals surface area contributed by atoms with Gasteiger partial charge in [0.25, 0.3) is 5.19 Å². The average molecular weight is 737 g/mol. The van der Waals surface area contributed by atoms with Gasteiger partial charge in [0.1, 0.15) is 23.7 Å². The van der Waals surface area contributed by atoms with E-state index < -0.39 is 76.6 Å². The lowest BCUT2D eigenvalue weighted by Crippen LogP contribution is -2.55. The predicted octanol–water partition coefficient (Wildman–Crippen LogP) is 7.16. The van der Waals surface area contributed by atoms with Crippen LogP contribution in [0.4, 0.5) is 32.0 Å². The first kappa shape index (κ1) is 36.2. The number of carboxylic acids is 1. The van der Waals surface area contributed by atoms with Gasteiger partial charge in [0, 0.05) is 29.0 Å². The summed E-state index contributed by atoms with van der Waals surface area (Å²) in [6, 6.07) is 7.73. The molecule has 3 N–H and O–H groups in total. The van der Waals surface area contributed by atoms with E-state index in [0.717, 1.165) is 5.56 Å². The Kier molecular flexibility index (Phi) is 10.1. The lowest BCUT2D eigenvalue weighted by Gasteiger charge is -2.30. The molecule has 3 heterocycles. The molecule has 0 bridgehead atoms. The first-order valence-electron chi connectivity index (χ1n) is 16.4. The molecule has 272 valence electrons. The van der Waals surface area contributed by atoms with Gasteiger partial charge in [-0.15, -0.1) is 0 Å². The fourth-order valence-electron chi connectivity index (χ4n) is 6.58. The number of amides is 2. The van der Waals surface area contributed by atoms with Gasteiger partial charge >= 0.3 is 18.3 Å². The van der Waals surface area contributed by atoms with Crippen LogP contribution in [0.1, 0.15) is 56.1 Å². The summed E-state index contributed by atoms with van der Waals surface area (Å²) in [5.74, 6) is -3.21. The van der Waals surface area contributed by atoms with Gasteiger partial charge in [-0.05, 0) is 43.9 Å². The molecule has 6 rings (SSSR count). The number of alkyl halides is 6. The minimum absolute atomic E-state index is 0.00497. The Hall–Kier alpha value is -4.60. The molecule has 5 atom stereocenters. The molecule has 9 nitrogen and oxygen atoms in total. The molecule has 0 spiro atoms. The summed E-state index contributed by atoms with van der Waals surface area (Å²) in [6.07, 6.45) is -5.13. The van der Waals surface area contributed by atoms with Crippen molar-refractivity contribution in [1.82, 2.24) is 15.2 Å². The third-order valence-electron chi connectivity index (χ3n) is 9.37. The van der Waals surface area contributed by atoms with Gasteiger partial charge in [-0.1, -0.05) is 66.7 Å². The molecular formula is C35H34F6N4O5S. The molecule has 2 aliphatic heterocycles. The van der Waals surface area contributed by atoms with Crippen molar-refractivity contribution in [2.45, 2.75) is 81.0 Å². The summed E-state index contributed by atoms with van der Waals surface area (Å²) in [4.78, 5) is 46.2. The van der Waals surface area contributed by atoms with E-state index in [2.05, 4.69) is 15.6 Å². The number of halogens is 6. The number of ether oxygens (including phenoxy) is 1. The van der Waals surface area contributed by atoms with Crippen LogP contribution in [0.15, 0.2) is 66.1 Å². The second-order valence-electron chi connectivity index (χ2n) is 13.0. The Balaban J connectivity index is 1.31. The van der Waals surface area contributed by atoms with E-state index in [-0.39, 0.29) is 37.1 Å². The van der Waals surface area contributed by atoms with Crippen molar-refractivity contribution >= 4 is 34.8 Å². The highest BCUT2D eigenvalue weighted by atomic mass is 32.1. The number of rotatable bonds is 6. The molecule has 51 heavy (non-hydrogen) atoms. The van der Waals surface area contributed by atoms with Crippen LogP contribution >= 0.6 is 11.3 Å². The Bertz CT molecular complexity index is 1770. The van der Waals surface area contributed by atoms with E-state index in [1.165, 1.54) is 16.2 Å². The van der Waals surface area contributed by atoms with Crippen LogP contribution in [0.2, 0.25) is 0 Å². The zero-order valence-corrected chi connectivity index (χ0v) is 27.8. The SMILES string of the molecule is O=C1N[C@]2(C(=O)O)C[C@H]2C=CCCCCC[C@H](Nc2cc(C(F)(F)F)cc(C(F)(F)F)c2)C(=O)N2C[C@H](Oc3nc(-c4ccccc4)cs3)C[C@@H]12. The fourth-order valence-corrected chi connectivity index (χ4v) is 7.33. The summed E-state index contributed by atoms with van der Waals surface area (Å²) in [6.45, 7) is -0.171. The molecule has 0 radical (unpaired) electrons. The molecule has 2 fully saturated rings. The summed E-state index contributed by atoms with van der Waals surface area (Å²) >= 11 is 1.19. The standard InChI is InChI=1S/C35H34F6N4O5S/c36-34(37,38)22-13-23(35(39,40)41)15-24(14-22)42-26-12-8-3-1-2-7-11-21-17-33(21,31(48)49)44-29(46)28-16-25(18-45(28)30(26)47)50-32-43-27(19-51-32)20-9-5-4-6-10-20/h4-7,9-11,13-15,19,21,25-26,28,42H,1-3,8,12,16-18H2,(H,44,46)(H,48,49)/t21-,25-,26+,28+,33-/m1/s1. The van der Waals surface area contributed by atoms with E-state index in [9.17, 15) is 45.8 Å². The van der Waals surface area contributed by atoms with Crippen LogP contribution in [0.5, 0.6) is 5.19 Å². The van der Waals surface area contributed by atoms with Crippen molar-refractivity contribution in [3.05, 3.63) is 77.2 Å². The Morgan fingerprint density at radius 3 is 2.39 bits per heavy atom. The van der Waals surface area contributed by atoms with Gasteiger partial charge < -0.3 is 25.4 Å². The zero-order valence-electron chi connectivity index (χ0n) is 27.0. The van der Waals surface area contributed by atoms with Crippen molar-refractivity contribution in [3.63, 3.8) is 0 Å². The first-order chi connectivity index (χ1) is 24.1. The number of nitrogens with zero attached hydrogens (tertiary/aromatic N) is 2. The van der Waals surface area contributed by atoms with Crippen LogP contribution < -0.4 is 15.4 Å². The number of carbonyl (C=O) groups is 3. The van der Waals surface area contributed by atoms with Gasteiger partial charge in [0.05, 0.1) is 23.4 Å². The molecule has 3 aromatic rings. The number of allylic oxidation sites excluding steroid dienone is 1. The largest absolute Gasteiger partial charge is 0.479 e. The maximum atomic E-state index is 14.3. The first-order valence-corrected chi connectivity index (χ1v) is 17.3. The summed E-state index contributed by atoms with van der Waals surface area (Å²) in [5, 5.41) is 17.4. The Morgan fingerprint density at radius 2 is 1.73 bits per heavy atom. The third kappa shape index (κ3) is 8.16. The summed E-state index contributed by atoms with van der Waals surface area (Å²) in [7, 11) is 0. The lowest BCUT2D eigenvalue weighted by molar-refractivity contribution is -0.145. The lowest BCUT2D eigenvalue weighted by atomic mass is 10.0. The number of hydrogen-bond donors (Lipinski definition) is 3. The van der Waals surface area contributed by atoms with Gasteiger partial charge in [-0.25, -0.2) is 9.78 Å². The average Bonchev–Trinajstić information content (AvgIpc) is 3.37. The second kappa shape index (κ2) is 14.2. The minimum atomic E-state index is -5.10. The van der Waals surface area contributed by atoms with E-state index in [0.29, 0.717) is 43.5 Å². The van der Waals surface area contributed by atoms with Crippen LogP contribution in [-0.2, 0) is 26.7 Å². The Labute approximate surface area is 292 Å². The number of carbonyl (C=O) groups excluding carboxylic acids is 2. The van der Waals surface area contributed by atoms with Crippen LogP contribution in [0.3, 0.4) is 0 Å². The van der Waals surface area contributed by atoms with E-state index in [4.69, 9.17) is 4.74 Å². The molecule has 1 aliphatic carbocycles. The Morgan fingerprint density at radius 1 is 1.02 bits per heavy atom. The van der Waals surface area contributed by atoms with E-state index in [1.807, 2.05) is 36.4 Å². The molecule has 1 saturated carbocycles. The highest BCUT2D eigenvalue weighted by molar-refractivity contribution is 7.11. The molecule has 3 aliphatic rings. The second-order valence-corrected chi connectivity index (χ2v) is 13.8. The topological polar surface area (TPSA) is 121 Å². The van der Waals surface area contributed by atoms with Crippen molar-refractivity contribution in [1.29, 1.82) is 0 Å². The molecule has 2 aromatic carbocycles. The zero-order chi connectivity index (χ0) is 36.6. The van der Waals surface area contributed by atoms with Crippen molar-refractivity contribution in [2.75, 3.05) is 11.9 Å². The number of aliphatic carboxylic acids is 1. The number of thiazole rings is 1. The number of hydrogen-bond acceptors (Lipinski definition) is 7. The van der Waals surface area contributed by atoms with Gasteiger partial charge in [0.15, 0.2) is 0 Å². The highest BCUT2D eigenvalue weighted by Crippen LogP contribution is 2.46.